The Hall–Kier alpha value is -2.58. The Morgan fingerprint density at radius 2 is 2.10 bits per heavy atom. The van der Waals surface area contributed by atoms with Gasteiger partial charge in [0, 0.05) is 25.6 Å². The maximum atomic E-state index is 12.5. The van der Waals surface area contributed by atoms with E-state index >= 15 is 0 Å². The predicted octanol–water partition coefficient (Wildman–Crippen LogP) is 3.93. The molecule has 2 unspecified atom stereocenters. The molecule has 0 spiro atoms. The predicted molar refractivity (Wildman–Crippen MR) is 115 cm³/mol. The van der Waals surface area contributed by atoms with E-state index in [1.165, 1.54) is 17.3 Å². The van der Waals surface area contributed by atoms with Gasteiger partial charge >= 0.3 is 0 Å². The van der Waals surface area contributed by atoms with Gasteiger partial charge in [0.25, 0.3) is 0 Å². The highest BCUT2D eigenvalue weighted by Crippen LogP contribution is 2.33. The molecule has 4 rings (SSSR count). The fraction of sp³-hybridized carbons (Fsp3) is 0.409. The number of carbonyl (C=O) groups is 1. The van der Waals surface area contributed by atoms with Crippen molar-refractivity contribution in [3.8, 4) is 11.6 Å². The van der Waals surface area contributed by atoms with E-state index < -0.39 is 0 Å². The van der Waals surface area contributed by atoms with E-state index in [0.29, 0.717) is 35.6 Å². The lowest BCUT2D eigenvalue weighted by atomic mass is 9.89. The first-order valence-electron chi connectivity index (χ1n) is 10.3. The Morgan fingerprint density at radius 3 is 2.87 bits per heavy atom. The Balaban J connectivity index is 1.32. The Morgan fingerprint density at radius 1 is 1.23 bits per heavy atom. The third kappa shape index (κ3) is 4.76. The van der Waals surface area contributed by atoms with Crippen LogP contribution in [-0.2, 0) is 16.1 Å². The van der Waals surface area contributed by atoms with Crippen molar-refractivity contribution in [2.45, 2.75) is 37.6 Å². The lowest BCUT2D eigenvalue weighted by Crippen LogP contribution is -2.35. The van der Waals surface area contributed by atoms with Crippen LogP contribution in [0.2, 0.25) is 0 Å². The van der Waals surface area contributed by atoms with Crippen LogP contribution < -0.4 is 5.32 Å². The first-order chi connectivity index (χ1) is 14.8. The van der Waals surface area contributed by atoms with Gasteiger partial charge in [-0.25, -0.2) is 0 Å². The molecule has 0 saturated carbocycles. The minimum atomic E-state index is -0.0115. The van der Waals surface area contributed by atoms with E-state index in [4.69, 9.17) is 9.15 Å². The van der Waals surface area contributed by atoms with Gasteiger partial charge in [-0.3, -0.25) is 9.36 Å². The van der Waals surface area contributed by atoms with Crippen LogP contribution in [0.4, 0.5) is 0 Å². The van der Waals surface area contributed by atoms with Gasteiger partial charge in [0.15, 0.2) is 16.7 Å². The molecule has 1 N–H and O–H groups in total. The number of ether oxygens (including phenoxy) is 1. The highest BCUT2D eigenvalue weighted by Gasteiger charge is 2.27. The molecule has 7 nitrogen and oxygen atoms in total. The van der Waals surface area contributed by atoms with Gasteiger partial charge in [-0.2, -0.15) is 0 Å². The molecule has 1 fully saturated rings. The number of hydrogen-bond donors (Lipinski definition) is 1. The number of nitrogens with one attached hydrogen (secondary N) is 1. The second-order valence-electron chi connectivity index (χ2n) is 7.22. The molecule has 2 atom stereocenters. The fourth-order valence-corrected chi connectivity index (χ4v) is 4.59. The van der Waals surface area contributed by atoms with Gasteiger partial charge in [-0.05, 0) is 37.5 Å². The standard InChI is InChI=1S/C22H26N4O3S/c1-2-26-21(18-11-7-12-28-18)24-25-22(26)30-15-19(27)23-14-17-10-6-13-29-20(17)16-8-4-3-5-9-16/h3-5,7-9,11-12,17,20H,2,6,10,13-15H2,1H3,(H,23,27). The topological polar surface area (TPSA) is 82.2 Å². The molecule has 0 bridgehead atoms. The minimum Gasteiger partial charge on any atom is -0.461 e. The molecule has 8 heteroatoms. The molecule has 3 heterocycles. The molecule has 1 amide bonds. The van der Waals surface area contributed by atoms with Crippen LogP contribution in [0.5, 0.6) is 0 Å². The maximum Gasteiger partial charge on any atom is 0.230 e. The lowest BCUT2D eigenvalue weighted by molar-refractivity contribution is -0.119. The zero-order valence-corrected chi connectivity index (χ0v) is 17.8. The van der Waals surface area contributed by atoms with E-state index in [2.05, 4.69) is 27.6 Å². The zero-order chi connectivity index (χ0) is 20.8. The fourth-order valence-electron chi connectivity index (χ4n) is 3.76. The summed E-state index contributed by atoms with van der Waals surface area (Å²) in [4.78, 5) is 12.5. The highest BCUT2D eigenvalue weighted by atomic mass is 32.2. The number of furan rings is 1. The molecule has 1 saturated heterocycles. The average molecular weight is 427 g/mol. The normalized spacial score (nSPS) is 19.0. The van der Waals surface area contributed by atoms with E-state index in [9.17, 15) is 4.79 Å². The first kappa shape index (κ1) is 20.7. The second-order valence-corrected chi connectivity index (χ2v) is 8.17. The molecular weight excluding hydrogens is 400 g/mol. The third-order valence-electron chi connectivity index (χ3n) is 5.24. The smallest absolute Gasteiger partial charge is 0.230 e. The van der Waals surface area contributed by atoms with Crippen molar-refractivity contribution in [3.63, 3.8) is 0 Å². The molecule has 0 aliphatic carbocycles. The lowest BCUT2D eigenvalue weighted by Gasteiger charge is -2.32. The van der Waals surface area contributed by atoms with Crippen LogP contribution >= 0.6 is 11.8 Å². The van der Waals surface area contributed by atoms with Crippen molar-refractivity contribution in [2.24, 2.45) is 5.92 Å². The van der Waals surface area contributed by atoms with Crippen molar-refractivity contribution in [1.82, 2.24) is 20.1 Å². The number of benzene rings is 1. The van der Waals surface area contributed by atoms with E-state index in [-0.39, 0.29) is 17.9 Å². The average Bonchev–Trinajstić information content (AvgIpc) is 3.46. The van der Waals surface area contributed by atoms with Crippen molar-refractivity contribution in [1.29, 1.82) is 0 Å². The second kappa shape index (κ2) is 9.95. The van der Waals surface area contributed by atoms with Gasteiger partial charge in [0.05, 0.1) is 18.1 Å². The number of thioether (sulfide) groups is 1. The molecule has 158 valence electrons. The van der Waals surface area contributed by atoms with Crippen molar-refractivity contribution in [3.05, 3.63) is 54.3 Å². The molecule has 1 aliphatic rings. The van der Waals surface area contributed by atoms with Crippen LogP contribution in [-0.4, -0.2) is 39.6 Å². The van der Waals surface area contributed by atoms with Crippen LogP contribution in [0.15, 0.2) is 58.3 Å². The summed E-state index contributed by atoms with van der Waals surface area (Å²) in [5, 5.41) is 12.2. The third-order valence-corrected chi connectivity index (χ3v) is 6.21. The quantitative estimate of drug-likeness (QED) is 0.550. The molecular formula is C22H26N4O3S. The summed E-state index contributed by atoms with van der Waals surface area (Å²) in [6.07, 6.45) is 3.71. The van der Waals surface area contributed by atoms with Crippen LogP contribution in [0.25, 0.3) is 11.6 Å². The van der Waals surface area contributed by atoms with Crippen molar-refractivity contribution >= 4 is 17.7 Å². The number of aromatic nitrogens is 3. The molecule has 2 aromatic heterocycles. The first-order valence-corrected chi connectivity index (χ1v) is 11.3. The Kier molecular flexibility index (Phi) is 6.86. The maximum absolute atomic E-state index is 12.5. The zero-order valence-electron chi connectivity index (χ0n) is 17.0. The monoisotopic (exact) mass is 426 g/mol. The molecule has 0 radical (unpaired) electrons. The summed E-state index contributed by atoms with van der Waals surface area (Å²) in [5.41, 5.74) is 1.17. The highest BCUT2D eigenvalue weighted by molar-refractivity contribution is 7.99. The van der Waals surface area contributed by atoms with Gasteiger partial charge in [0.1, 0.15) is 0 Å². The summed E-state index contributed by atoms with van der Waals surface area (Å²) in [7, 11) is 0. The number of rotatable bonds is 8. The minimum absolute atomic E-state index is 0.0115. The van der Waals surface area contributed by atoms with Crippen LogP contribution in [0, 0.1) is 5.92 Å². The van der Waals surface area contributed by atoms with Gasteiger partial charge < -0.3 is 14.5 Å². The number of carbonyl (C=O) groups excluding carboxylic acids is 1. The summed E-state index contributed by atoms with van der Waals surface area (Å²) >= 11 is 1.39. The summed E-state index contributed by atoms with van der Waals surface area (Å²) in [6, 6.07) is 13.9. The van der Waals surface area contributed by atoms with Crippen molar-refractivity contribution < 1.29 is 13.9 Å². The van der Waals surface area contributed by atoms with Gasteiger partial charge in [0.2, 0.25) is 5.91 Å². The SMILES string of the molecule is CCn1c(SCC(=O)NCC2CCCOC2c2ccccc2)nnc1-c1ccco1. The summed E-state index contributed by atoms with van der Waals surface area (Å²) in [6.45, 7) is 4.10. The number of hydrogen-bond acceptors (Lipinski definition) is 6. The Labute approximate surface area is 180 Å². The molecule has 30 heavy (non-hydrogen) atoms. The van der Waals surface area contributed by atoms with Gasteiger partial charge in [-0.1, -0.05) is 42.1 Å². The summed E-state index contributed by atoms with van der Waals surface area (Å²) < 4.78 is 13.4. The van der Waals surface area contributed by atoms with E-state index in [1.54, 1.807) is 6.26 Å². The van der Waals surface area contributed by atoms with E-state index in [0.717, 1.165) is 19.4 Å². The number of nitrogens with zero attached hydrogens (tertiary/aromatic N) is 3. The summed E-state index contributed by atoms with van der Waals surface area (Å²) in [5.74, 6) is 1.91. The number of amides is 1. The van der Waals surface area contributed by atoms with Gasteiger partial charge in [-0.15, -0.1) is 10.2 Å². The largest absolute Gasteiger partial charge is 0.461 e. The van der Waals surface area contributed by atoms with Crippen molar-refractivity contribution in [2.75, 3.05) is 18.9 Å². The van der Waals surface area contributed by atoms with Crippen LogP contribution in [0.1, 0.15) is 31.4 Å². The van der Waals surface area contributed by atoms with Crippen LogP contribution in [0.3, 0.4) is 0 Å². The molecule has 1 aromatic carbocycles. The van der Waals surface area contributed by atoms with E-state index in [1.807, 2.05) is 41.8 Å². The Bertz CT molecular complexity index is 943. The molecule has 3 aromatic rings. The molecule has 1 aliphatic heterocycles.